The van der Waals surface area contributed by atoms with Crippen LogP contribution in [0.3, 0.4) is 0 Å². The molecule has 0 atom stereocenters. The first-order valence-corrected chi connectivity index (χ1v) is 6.37. The van der Waals surface area contributed by atoms with E-state index >= 15 is 0 Å². The number of nitro groups is 1. The van der Waals surface area contributed by atoms with Gasteiger partial charge in [0.1, 0.15) is 16.3 Å². The van der Waals surface area contributed by atoms with Crippen LogP contribution < -0.4 is 0 Å². The van der Waals surface area contributed by atoms with Gasteiger partial charge in [-0.15, -0.1) is 0 Å². The van der Waals surface area contributed by atoms with E-state index in [2.05, 4.69) is 5.10 Å². The summed E-state index contributed by atoms with van der Waals surface area (Å²) < 4.78 is 78.4. The standard InChI is InChI=1S/C12H6ClF6N3O2/c1-21-10(12(17,18)19)8(11(14,15)16)9(20-21)5-2-3-6(13)7(4-5)22(23)24/h2-4H,1H3. The second-order valence-corrected chi connectivity index (χ2v) is 5.02. The summed E-state index contributed by atoms with van der Waals surface area (Å²) >= 11 is 5.55. The lowest BCUT2D eigenvalue weighted by Crippen LogP contribution is -2.18. The molecule has 12 heteroatoms. The normalized spacial score (nSPS) is 12.5. The smallest absolute Gasteiger partial charge is 0.262 e. The third-order valence-electron chi connectivity index (χ3n) is 3.02. The maximum Gasteiger partial charge on any atom is 0.433 e. The van der Waals surface area contributed by atoms with Crippen molar-refractivity contribution in [3.63, 3.8) is 0 Å². The Morgan fingerprint density at radius 2 is 1.75 bits per heavy atom. The van der Waals surface area contributed by atoms with Gasteiger partial charge in [0, 0.05) is 18.7 Å². The van der Waals surface area contributed by atoms with Crippen molar-refractivity contribution in [3.05, 3.63) is 44.6 Å². The quantitative estimate of drug-likeness (QED) is 0.436. The summed E-state index contributed by atoms with van der Waals surface area (Å²) in [6, 6.07) is 2.48. The summed E-state index contributed by atoms with van der Waals surface area (Å²) in [5.74, 6) is 0. The first-order valence-electron chi connectivity index (χ1n) is 5.99. The highest BCUT2D eigenvalue weighted by molar-refractivity contribution is 6.32. The molecule has 5 nitrogen and oxygen atoms in total. The van der Waals surface area contributed by atoms with Gasteiger partial charge in [-0.3, -0.25) is 14.8 Å². The summed E-state index contributed by atoms with van der Waals surface area (Å²) in [7, 11) is 0.700. The zero-order valence-corrected chi connectivity index (χ0v) is 12.3. The van der Waals surface area contributed by atoms with Crippen LogP contribution in [0.2, 0.25) is 5.02 Å². The molecule has 2 aromatic rings. The molecule has 0 aliphatic heterocycles. The third-order valence-corrected chi connectivity index (χ3v) is 3.34. The Morgan fingerprint density at radius 1 is 1.17 bits per heavy atom. The predicted octanol–water partition coefficient (Wildman–Crippen LogP) is 4.69. The fourth-order valence-corrected chi connectivity index (χ4v) is 2.31. The fourth-order valence-electron chi connectivity index (χ4n) is 2.12. The van der Waals surface area contributed by atoms with E-state index in [-0.39, 0.29) is 9.70 Å². The number of aromatic nitrogens is 2. The molecule has 0 spiro atoms. The van der Waals surface area contributed by atoms with E-state index in [4.69, 9.17) is 11.6 Å². The van der Waals surface area contributed by atoms with Crippen LogP contribution in [-0.2, 0) is 19.4 Å². The van der Waals surface area contributed by atoms with Crippen molar-refractivity contribution in [2.75, 3.05) is 0 Å². The molecule has 0 N–H and O–H groups in total. The molecule has 1 aromatic carbocycles. The van der Waals surface area contributed by atoms with E-state index in [0.717, 1.165) is 12.1 Å². The van der Waals surface area contributed by atoms with Crippen molar-refractivity contribution in [1.29, 1.82) is 0 Å². The van der Waals surface area contributed by atoms with Crippen LogP contribution in [0.4, 0.5) is 32.0 Å². The van der Waals surface area contributed by atoms with Crippen LogP contribution in [0, 0.1) is 10.1 Å². The summed E-state index contributed by atoms with van der Waals surface area (Å²) in [6.07, 6.45) is -10.7. The van der Waals surface area contributed by atoms with Gasteiger partial charge < -0.3 is 0 Å². The van der Waals surface area contributed by atoms with Gasteiger partial charge in [0.25, 0.3) is 5.69 Å². The van der Waals surface area contributed by atoms with Gasteiger partial charge in [-0.25, -0.2) is 0 Å². The van der Waals surface area contributed by atoms with E-state index in [0.29, 0.717) is 13.1 Å². The van der Waals surface area contributed by atoms with Crippen molar-refractivity contribution in [2.45, 2.75) is 12.4 Å². The van der Waals surface area contributed by atoms with Crippen LogP contribution in [0.5, 0.6) is 0 Å². The number of alkyl halides is 6. The molecule has 0 saturated heterocycles. The molecular formula is C12H6ClF6N3O2. The first kappa shape index (κ1) is 18.0. The van der Waals surface area contributed by atoms with E-state index in [1.165, 1.54) is 0 Å². The minimum absolute atomic E-state index is 0.0403. The van der Waals surface area contributed by atoms with E-state index in [9.17, 15) is 36.5 Å². The zero-order chi connectivity index (χ0) is 18.4. The number of hydrogen-bond donors (Lipinski definition) is 0. The van der Waals surface area contributed by atoms with Crippen molar-refractivity contribution >= 4 is 17.3 Å². The zero-order valence-electron chi connectivity index (χ0n) is 11.5. The maximum atomic E-state index is 13.2. The second-order valence-electron chi connectivity index (χ2n) is 4.61. The number of aryl methyl sites for hydroxylation is 1. The van der Waals surface area contributed by atoms with Gasteiger partial charge in [-0.05, 0) is 6.07 Å². The van der Waals surface area contributed by atoms with E-state index in [1.54, 1.807) is 0 Å². The van der Waals surface area contributed by atoms with Gasteiger partial charge in [0.15, 0.2) is 5.69 Å². The lowest BCUT2D eigenvalue weighted by atomic mass is 10.0. The van der Waals surface area contributed by atoms with Crippen molar-refractivity contribution < 1.29 is 31.3 Å². The number of benzene rings is 1. The molecule has 0 radical (unpaired) electrons. The molecule has 0 unspecified atom stereocenters. The lowest BCUT2D eigenvalue weighted by molar-refractivity contribution is -0.384. The Labute approximate surface area is 134 Å². The third kappa shape index (κ3) is 3.16. The molecule has 24 heavy (non-hydrogen) atoms. The number of hydrogen-bond acceptors (Lipinski definition) is 3. The molecule has 2 rings (SSSR count). The van der Waals surface area contributed by atoms with E-state index in [1.807, 2.05) is 0 Å². The molecular weight excluding hydrogens is 368 g/mol. The van der Waals surface area contributed by atoms with Crippen LogP contribution >= 0.6 is 11.6 Å². The Morgan fingerprint density at radius 3 is 2.21 bits per heavy atom. The largest absolute Gasteiger partial charge is 0.433 e. The van der Waals surface area contributed by atoms with E-state index < -0.39 is 45.5 Å². The SMILES string of the molecule is Cn1nc(-c2ccc(Cl)c([N+](=O)[O-])c2)c(C(F)(F)F)c1C(F)(F)F. The average Bonchev–Trinajstić information content (AvgIpc) is 2.76. The summed E-state index contributed by atoms with van der Waals surface area (Å²) in [6.45, 7) is 0. The lowest BCUT2D eigenvalue weighted by Gasteiger charge is -2.13. The highest BCUT2D eigenvalue weighted by Crippen LogP contribution is 2.45. The molecule has 0 bridgehead atoms. The Kier molecular flexibility index (Phi) is 4.25. The Balaban J connectivity index is 2.82. The summed E-state index contributed by atoms with van der Waals surface area (Å²) in [4.78, 5) is 9.85. The fraction of sp³-hybridized carbons (Fsp3) is 0.250. The van der Waals surface area contributed by atoms with Crippen LogP contribution in [0.25, 0.3) is 11.3 Å². The van der Waals surface area contributed by atoms with Crippen molar-refractivity contribution in [3.8, 4) is 11.3 Å². The maximum absolute atomic E-state index is 13.2. The number of halogens is 7. The molecule has 0 aliphatic rings. The van der Waals surface area contributed by atoms with Gasteiger partial charge in [0.2, 0.25) is 0 Å². The Bertz CT molecular complexity index is 812. The average molecular weight is 374 g/mol. The highest BCUT2D eigenvalue weighted by Gasteiger charge is 2.49. The van der Waals surface area contributed by atoms with Crippen molar-refractivity contribution in [2.24, 2.45) is 7.05 Å². The van der Waals surface area contributed by atoms with Crippen LogP contribution in [0.15, 0.2) is 18.2 Å². The topological polar surface area (TPSA) is 61.0 Å². The first-order chi connectivity index (χ1) is 10.8. The van der Waals surface area contributed by atoms with Gasteiger partial charge in [-0.1, -0.05) is 17.7 Å². The summed E-state index contributed by atoms with van der Waals surface area (Å²) in [5, 5.41) is 13.7. The van der Waals surface area contributed by atoms with Crippen molar-refractivity contribution in [1.82, 2.24) is 9.78 Å². The van der Waals surface area contributed by atoms with Crippen LogP contribution in [0.1, 0.15) is 11.3 Å². The number of nitro benzene ring substituents is 1. The molecule has 0 amide bonds. The number of nitrogens with zero attached hydrogens (tertiary/aromatic N) is 3. The number of rotatable bonds is 2. The predicted molar refractivity (Wildman–Crippen MR) is 70.3 cm³/mol. The monoisotopic (exact) mass is 373 g/mol. The van der Waals surface area contributed by atoms with Crippen LogP contribution in [-0.4, -0.2) is 14.7 Å². The minimum Gasteiger partial charge on any atom is -0.262 e. The second kappa shape index (κ2) is 5.65. The van der Waals surface area contributed by atoms with Gasteiger partial charge in [-0.2, -0.15) is 31.4 Å². The minimum atomic E-state index is -5.37. The Hall–Kier alpha value is -2.30. The summed E-state index contributed by atoms with van der Waals surface area (Å²) in [5.41, 5.74) is -6.35. The molecule has 1 heterocycles. The van der Waals surface area contributed by atoms with Gasteiger partial charge >= 0.3 is 12.4 Å². The molecule has 130 valence electrons. The molecule has 0 aliphatic carbocycles. The van der Waals surface area contributed by atoms with Gasteiger partial charge in [0.05, 0.1) is 4.92 Å². The molecule has 0 saturated carbocycles. The highest BCUT2D eigenvalue weighted by atomic mass is 35.5. The molecule has 1 aromatic heterocycles. The molecule has 0 fully saturated rings.